The lowest BCUT2D eigenvalue weighted by Crippen LogP contribution is -2.31. The summed E-state index contributed by atoms with van der Waals surface area (Å²) in [5, 5.41) is 10.0. The highest BCUT2D eigenvalue weighted by Gasteiger charge is 2.37. The van der Waals surface area contributed by atoms with Crippen LogP contribution in [0.2, 0.25) is 0 Å². The van der Waals surface area contributed by atoms with Crippen molar-refractivity contribution in [1.29, 1.82) is 0 Å². The molecular weight excluding hydrogens is 238 g/mol. The summed E-state index contributed by atoms with van der Waals surface area (Å²) < 4.78 is 1.08. The minimum absolute atomic E-state index is 0.326. The maximum absolute atomic E-state index is 10.0. The van der Waals surface area contributed by atoms with Crippen LogP contribution in [0.4, 0.5) is 0 Å². The van der Waals surface area contributed by atoms with Gasteiger partial charge in [0.05, 0.1) is 3.79 Å². The summed E-state index contributed by atoms with van der Waals surface area (Å²) >= 11 is 5.00. The molecule has 66 valence electrons. The summed E-state index contributed by atoms with van der Waals surface area (Å²) in [4.78, 5) is 1.05. The Kier molecular flexibility index (Phi) is 2.03. The molecule has 2 nitrogen and oxygen atoms in total. The predicted molar refractivity (Wildman–Crippen MR) is 53.3 cm³/mol. The molecule has 0 radical (unpaired) electrons. The van der Waals surface area contributed by atoms with Crippen LogP contribution in [0.5, 0.6) is 0 Å². The first-order valence-electron chi connectivity index (χ1n) is 3.87. The van der Waals surface area contributed by atoms with Crippen LogP contribution in [-0.2, 0) is 12.0 Å². The van der Waals surface area contributed by atoms with Crippen molar-refractivity contribution in [2.45, 2.75) is 18.4 Å². The van der Waals surface area contributed by atoms with Crippen molar-refractivity contribution >= 4 is 27.3 Å². The summed E-state index contributed by atoms with van der Waals surface area (Å²) in [6, 6.07) is 2.08. The fraction of sp³-hybridized carbons (Fsp3) is 0.500. The van der Waals surface area contributed by atoms with Crippen LogP contribution in [0.25, 0.3) is 0 Å². The first-order chi connectivity index (χ1) is 5.65. The van der Waals surface area contributed by atoms with E-state index in [2.05, 4.69) is 22.0 Å². The lowest BCUT2D eigenvalue weighted by Gasteiger charge is -2.19. The molecule has 0 aliphatic heterocycles. The summed E-state index contributed by atoms with van der Waals surface area (Å²) in [5.41, 5.74) is 6.04. The molecule has 0 aromatic carbocycles. The van der Waals surface area contributed by atoms with E-state index in [9.17, 15) is 5.11 Å². The van der Waals surface area contributed by atoms with E-state index in [1.807, 2.05) is 0 Å². The van der Waals surface area contributed by atoms with Gasteiger partial charge in [0.25, 0.3) is 0 Å². The molecule has 3 N–H and O–H groups in total. The Morgan fingerprint density at radius 2 is 2.50 bits per heavy atom. The molecule has 0 saturated carbocycles. The van der Waals surface area contributed by atoms with E-state index in [1.165, 1.54) is 5.56 Å². The van der Waals surface area contributed by atoms with Gasteiger partial charge in [0.2, 0.25) is 0 Å². The summed E-state index contributed by atoms with van der Waals surface area (Å²) in [6.07, 6.45) is 1.73. The third-order valence-electron chi connectivity index (χ3n) is 2.35. The quantitative estimate of drug-likeness (QED) is 0.793. The fourth-order valence-corrected chi connectivity index (χ4v) is 3.45. The molecule has 2 rings (SSSR count). The molecule has 0 bridgehead atoms. The second kappa shape index (κ2) is 2.80. The number of halogens is 1. The van der Waals surface area contributed by atoms with E-state index >= 15 is 0 Å². The lowest BCUT2D eigenvalue weighted by molar-refractivity contribution is 0.0514. The molecule has 1 heterocycles. The Labute approximate surface area is 83.5 Å². The largest absolute Gasteiger partial charge is 0.383 e. The molecule has 12 heavy (non-hydrogen) atoms. The number of hydrogen-bond donors (Lipinski definition) is 2. The zero-order chi connectivity index (χ0) is 8.77. The van der Waals surface area contributed by atoms with Gasteiger partial charge in [-0.25, -0.2) is 0 Å². The number of hydrogen-bond acceptors (Lipinski definition) is 3. The Bertz CT molecular complexity index is 312. The van der Waals surface area contributed by atoms with Crippen molar-refractivity contribution in [2.75, 3.05) is 6.54 Å². The van der Waals surface area contributed by atoms with Crippen LogP contribution in [0, 0.1) is 0 Å². The van der Waals surface area contributed by atoms with Gasteiger partial charge in [-0.2, -0.15) is 0 Å². The van der Waals surface area contributed by atoms with E-state index in [0.29, 0.717) is 6.54 Å². The molecule has 1 aliphatic carbocycles. The molecule has 1 unspecified atom stereocenters. The first kappa shape index (κ1) is 8.69. The molecule has 1 aromatic heterocycles. The van der Waals surface area contributed by atoms with Crippen molar-refractivity contribution in [3.8, 4) is 0 Å². The summed E-state index contributed by atoms with van der Waals surface area (Å²) in [6.45, 7) is 0.326. The Balaban J connectivity index is 2.47. The van der Waals surface area contributed by atoms with Gasteiger partial charge in [-0.3, -0.25) is 0 Å². The fourth-order valence-electron chi connectivity index (χ4n) is 1.62. The highest BCUT2D eigenvalue weighted by molar-refractivity contribution is 9.11. The summed E-state index contributed by atoms with van der Waals surface area (Å²) in [7, 11) is 0. The maximum atomic E-state index is 10.0. The average molecular weight is 248 g/mol. The minimum Gasteiger partial charge on any atom is -0.383 e. The standard InChI is InChI=1S/C8H10BrNOS/c9-6-3-5-1-2-8(11,4-10)7(5)12-6/h3,11H,1-2,4,10H2. The van der Waals surface area contributed by atoms with E-state index < -0.39 is 5.60 Å². The number of thiophene rings is 1. The highest BCUT2D eigenvalue weighted by Crippen LogP contribution is 2.43. The SMILES string of the molecule is NCC1(O)CCc2cc(Br)sc21. The monoisotopic (exact) mass is 247 g/mol. The second-order valence-corrected chi connectivity index (χ2v) is 5.57. The molecule has 4 heteroatoms. The van der Waals surface area contributed by atoms with Gasteiger partial charge in [-0.05, 0) is 40.4 Å². The zero-order valence-corrected chi connectivity index (χ0v) is 8.91. The van der Waals surface area contributed by atoms with Crippen LogP contribution >= 0.6 is 27.3 Å². The molecule has 1 aromatic rings. The van der Waals surface area contributed by atoms with Crippen LogP contribution < -0.4 is 5.73 Å². The van der Waals surface area contributed by atoms with E-state index in [4.69, 9.17) is 5.73 Å². The van der Waals surface area contributed by atoms with Gasteiger partial charge >= 0.3 is 0 Å². The smallest absolute Gasteiger partial charge is 0.111 e. The zero-order valence-electron chi connectivity index (χ0n) is 6.51. The number of fused-ring (bicyclic) bond motifs is 1. The van der Waals surface area contributed by atoms with Crippen molar-refractivity contribution in [2.24, 2.45) is 5.73 Å². The third-order valence-corrected chi connectivity index (χ3v) is 4.22. The minimum atomic E-state index is -0.744. The normalized spacial score (nSPS) is 27.6. The Morgan fingerprint density at radius 3 is 3.17 bits per heavy atom. The Hall–Kier alpha value is 0.1000. The van der Waals surface area contributed by atoms with Crippen LogP contribution in [-0.4, -0.2) is 11.7 Å². The number of aliphatic hydroxyl groups is 1. The van der Waals surface area contributed by atoms with Crippen LogP contribution in [0.15, 0.2) is 9.85 Å². The van der Waals surface area contributed by atoms with Crippen molar-refractivity contribution in [3.63, 3.8) is 0 Å². The summed E-state index contributed by atoms with van der Waals surface area (Å²) in [5.74, 6) is 0. The van der Waals surface area contributed by atoms with E-state index in [-0.39, 0.29) is 0 Å². The predicted octanol–water partition coefficient (Wildman–Crippen LogP) is 1.60. The van der Waals surface area contributed by atoms with Crippen molar-refractivity contribution in [1.82, 2.24) is 0 Å². The van der Waals surface area contributed by atoms with E-state index in [0.717, 1.165) is 21.5 Å². The molecule has 0 fully saturated rings. The Morgan fingerprint density at radius 1 is 1.75 bits per heavy atom. The molecule has 1 atom stereocenters. The number of aryl methyl sites for hydroxylation is 1. The van der Waals surface area contributed by atoms with Crippen molar-refractivity contribution < 1.29 is 5.11 Å². The molecular formula is C8H10BrNOS. The van der Waals surface area contributed by atoms with Crippen LogP contribution in [0.1, 0.15) is 16.9 Å². The maximum Gasteiger partial charge on any atom is 0.111 e. The van der Waals surface area contributed by atoms with Gasteiger partial charge in [0.15, 0.2) is 0 Å². The third kappa shape index (κ3) is 1.14. The molecule has 0 saturated heterocycles. The van der Waals surface area contributed by atoms with Gasteiger partial charge in [-0.15, -0.1) is 11.3 Å². The van der Waals surface area contributed by atoms with Gasteiger partial charge < -0.3 is 10.8 Å². The van der Waals surface area contributed by atoms with Crippen LogP contribution in [0.3, 0.4) is 0 Å². The molecule has 0 amide bonds. The van der Waals surface area contributed by atoms with Crippen molar-refractivity contribution in [3.05, 3.63) is 20.3 Å². The molecule has 1 aliphatic rings. The van der Waals surface area contributed by atoms with E-state index in [1.54, 1.807) is 11.3 Å². The first-order valence-corrected chi connectivity index (χ1v) is 5.48. The average Bonchev–Trinajstić information content (AvgIpc) is 2.53. The van der Waals surface area contributed by atoms with Gasteiger partial charge in [-0.1, -0.05) is 0 Å². The second-order valence-electron chi connectivity index (χ2n) is 3.14. The van der Waals surface area contributed by atoms with Gasteiger partial charge in [0.1, 0.15) is 5.60 Å². The lowest BCUT2D eigenvalue weighted by atomic mass is 10.0. The highest BCUT2D eigenvalue weighted by atomic mass is 79.9. The number of nitrogens with two attached hydrogens (primary N) is 1. The molecule has 0 spiro atoms. The topological polar surface area (TPSA) is 46.2 Å². The number of rotatable bonds is 1. The van der Waals surface area contributed by atoms with Gasteiger partial charge in [0, 0.05) is 11.4 Å².